The van der Waals surface area contributed by atoms with Gasteiger partial charge in [0, 0.05) is 16.6 Å². The zero-order valence-corrected chi connectivity index (χ0v) is 15.3. The van der Waals surface area contributed by atoms with E-state index in [-0.39, 0.29) is 24.4 Å². The molecule has 1 atom stereocenters. The summed E-state index contributed by atoms with van der Waals surface area (Å²) in [5.41, 5.74) is 1.80. The highest BCUT2D eigenvalue weighted by atomic mass is 35.5. The summed E-state index contributed by atoms with van der Waals surface area (Å²) in [6.07, 6.45) is 2.39. The van der Waals surface area contributed by atoms with Crippen LogP contribution in [-0.4, -0.2) is 28.0 Å². The topological polar surface area (TPSA) is 92.4 Å². The molecule has 1 aromatic heterocycles. The van der Waals surface area contributed by atoms with Gasteiger partial charge in [0.05, 0.1) is 12.6 Å². The number of hydrogen-bond donors (Lipinski definition) is 2. The molecule has 0 bridgehead atoms. The van der Waals surface area contributed by atoms with Gasteiger partial charge in [0.2, 0.25) is 5.76 Å². The van der Waals surface area contributed by atoms with E-state index in [1.807, 2.05) is 0 Å². The summed E-state index contributed by atoms with van der Waals surface area (Å²) in [5.74, 6) is -1.97. The Morgan fingerprint density at radius 2 is 1.96 bits per heavy atom. The molecule has 28 heavy (non-hydrogen) atoms. The molecule has 0 fully saturated rings. The first-order chi connectivity index (χ1) is 13.4. The second-order valence-corrected chi connectivity index (χ2v) is 6.60. The van der Waals surface area contributed by atoms with Gasteiger partial charge in [0.1, 0.15) is 5.82 Å². The number of rotatable bonds is 7. The molecule has 2 aromatic carbocycles. The molecule has 0 aliphatic heterocycles. The number of benzene rings is 2. The van der Waals surface area contributed by atoms with Gasteiger partial charge < -0.3 is 14.8 Å². The highest BCUT2D eigenvalue weighted by Gasteiger charge is 2.19. The average Bonchev–Trinajstić information content (AvgIpc) is 3.19. The number of carbonyl (C=O) groups excluding carboxylic acids is 1. The first kappa shape index (κ1) is 19.6. The van der Waals surface area contributed by atoms with E-state index >= 15 is 0 Å². The van der Waals surface area contributed by atoms with Gasteiger partial charge in [0.25, 0.3) is 5.91 Å². The van der Waals surface area contributed by atoms with Crippen LogP contribution in [0.1, 0.15) is 22.5 Å². The fraction of sp³-hybridized carbons (Fsp3) is 0.150. The zero-order chi connectivity index (χ0) is 20.1. The van der Waals surface area contributed by atoms with E-state index in [1.165, 1.54) is 24.4 Å². The van der Waals surface area contributed by atoms with Crippen LogP contribution in [0.2, 0.25) is 5.02 Å². The van der Waals surface area contributed by atoms with Crippen molar-refractivity contribution >= 4 is 23.5 Å². The average molecular weight is 403 g/mol. The molecule has 8 heteroatoms. The predicted octanol–water partition coefficient (Wildman–Crippen LogP) is 3.95. The molecule has 0 spiro atoms. The van der Waals surface area contributed by atoms with Crippen LogP contribution in [0.15, 0.2) is 59.5 Å². The van der Waals surface area contributed by atoms with Crippen molar-refractivity contribution in [2.45, 2.75) is 18.9 Å². The van der Waals surface area contributed by atoms with Crippen LogP contribution in [0.4, 0.5) is 4.39 Å². The number of aliphatic carboxylic acids is 1. The van der Waals surface area contributed by atoms with Gasteiger partial charge in [-0.05, 0) is 35.7 Å². The molecular weight excluding hydrogens is 387 g/mol. The summed E-state index contributed by atoms with van der Waals surface area (Å²) >= 11 is 5.93. The molecule has 144 valence electrons. The van der Waals surface area contributed by atoms with E-state index in [0.29, 0.717) is 16.1 Å². The smallest absolute Gasteiger partial charge is 0.305 e. The van der Waals surface area contributed by atoms with Crippen LogP contribution in [-0.2, 0) is 11.2 Å². The standard InChI is InChI=1S/C20H16ClFN2O4/c21-14-5-6-17(22)16(8-14)13-3-1-12(2-4-13)7-15(9-19(25)26)24-20(27)18-10-23-11-28-18/h1-6,8,10-11,15H,7,9H2,(H,24,27)(H,25,26)/t15-/m1/s1. The Morgan fingerprint density at radius 3 is 2.61 bits per heavy atom. The van der Waals surface area contributed by atoms with E-state index < -0.39 is 17.9 Å². The van der Waals surface area contributed by atoms with Crippen molar-refractivity contribution < 1.29 is 23.5 Å². The Labute approximate surface area is 165 Å². The minimum atomic E-state index is -1.04. The Bertz CT molecular complexity index is 974. The van der Waals surface area contributed by atoms with Crippen LogP contribution in [0, 0.1) is 5.82 Å². The van der Waals surface area contributed by atoms with Gasteiger partial charge in [-0.2, -0.15) is 0 Å². The number of nitrogens with zero attached hydrogens (tertiary/aromatic N) is 1. The number of nitrogens with one attached hydrogen (secondary N) is 1. The summed E-state index contributed by atoms with van der Waals surface area (Å²) < 4.78 is 18.9. The fourth-order valence-electron chi connectivity index (χ4n) is 2.79. The largest absolute Gasteiger partial charge is 0.481 e. The van der Waals surface area contributed by atoms with Crippen molar-refractivity contribution in [3.05, 3.63) is 77.2 Å². The number of amides is 1. The molecule has 0 aliphatic rings. The predicted molar refractivity (Wildman–Crippen MR) is 101 cm³/mol. The van der Waals surface area contributed by atoms with E-state index in [0.717, 1.165) is 12.0 Å². The Hall–Kier alpha value is -3.19. The number of carbonyl (C=O) groups is 2. The van der Waals surface area contributed by atoms with Gasteiger partial charge in [0.15, 0.2) is 6.39 Å². The van der Waals surface area contributed by atoms with Gasteiger partial charge >= 0.3 is 5.97 Å². The van der Waals surface area contributed by atoms with Crippen molar-refractivity contribution in [2.24, 2.45) is 0 Å². The second-order valence-electron chi connectivity index (χ2n) is 6.16. The lowest BCUT2D eigenvalue weighted by Gasteiger charge is -2.16. The van der Waals surface area contributed by atoms with E-state index in [9.17, 15) is 14.0 Å². The normalized spacial score (nSPS) is 11.8. The molecule has 3 aromatic rings. The van der Waals surface area contributed by atoms with Gasteiger partial charge in [-0.1, -0.05) is 35.9 Å². The zero-order valence-electron chi connectivity index (χ0n) is 14.6. The molecule has 1 amide bonds. The molecule has 3 rings (SSSR count). The lowest BCUT2D eigenvalue weighted by molar-refractivity contribution is -0.137. The third-order valence-corrected chi connectivity index (χ3v) is 4.32. The molecule has 0 aliphatic carbocycles. The van der Waals surface area contributed by atoms with Crippen LogP contribution in [0.25, 0.3) is 11.1 Å². The van der Waals surface area contributed by atoms with Crippen molar-refractivity contribution in [2.75, 3.05) is 0 Å². The van der Waals surface area contributed by atoms with Crippen LogP contribution in [0.3, 0.4) is 0 Å². The lowest BCUT2D eigenvalue weighted by Crippen LogP contribution is -2.38. The maximum atomic E-state index is 14.0. The first-order valence-corrected chi connectivity index (χ1v) is 8.75. The molecule has 0 saturated carbocycles. The summed E-state index contributed by atoms with van der Waals surface area (Å²) in [7, 11) is 0. The highest BCUT2D eigenvalue weighted by molar-refractivity contribution is 6.30. The maximum Gasteiger partial charge on any atom is 0.305 e. The number of hydrogen-bond acceptors (Lipinski definition) is 4. The van der Waals surface area contributed by atoms with Crippen molar-refractivity contribution in [3.63, 3.8) is 0 Å². The monoisotopic (exact) mass is 402 g/mol. The molecule has 1 heterocycles. The summed E-state index contributed by atoms with van der Waals surface area (Å²) in [5, 5.41) is 12.2. The molecule has 0 radical (unpaired) electrons. The third-order valence-electron chi connectivity index (χ3n) is 4.09. The highest BCUT2D eigenvalue weighted by Crippen LogP contribution is 2.26. The molecule has 6 nitrogen and oxygen atoms in total. The number of halogens is 2. The number of oxazole rings is 1. The van der Waals surface area contributed by atoms with Crippen molar-refractivity contribution in [1.29, 1.82) is 0 Å². The summed E-state index contributed by atoms with van der Waals surface area (Å²) in [6, 6.07) is 10.6. The molecule has 0 saturated heterocycles. The lowest BCUT2D eigenvalue weighted by atomic mass is 9.99. The fourth-order valence-corrected chi connectivity index (χ4v) is 2.97. The minimum absolute atomic E-state index is 0.00201. The number of carboxylic acids is 1. The second kappa shape index (κ2) is 8.67. The number of aromatic nitrogens is 1. The van der Waals surface area contributed by atoms with E-state index in [1.54, 1.807) is 24.3 Å². The Balaban J connectivity index is 1.74. The molecule has 0 unspecified atom stereocenters. The SMILES string of the molecule is O=C(O)C[C@@H](Cc1ccc(-c2cc(Cl)ccc2F)cc1)NC(=O)c1cnco1. The van der Waals surface area contributed by atoms with Gasteiger partial charge in [-0.3, -0.25) is 9.59 Å². The third kappa shape index (κ3) is 4.95. The van der Waals surface area contributed by atoms with E-state index in [2.05, 4.69) is 10.3 Å². The van der Waals surface area contributed by atoms with E-state index in [4.69, 9.17) is 21.1 Å². The maximum absolute atomic E-state index is 14.0. The molecular formula is C20H16ClFN2O4. The van der Waals surface area contributed by atoms with Gasteiger partial charge in [-0.15, -0.1) is 0 Å². The van der Waals surface area contributed by atoms with Crippen LogP contribution in [0.5, 0.6) is 0 Å². The Kier molecular flexibility index (Phi) is 6.06. The Morgan fingerprint density at radius 1 is 1.21 bits per heavy atom. The number of carboxylic acid groups (broad SMARTS) is 1. The van der Waals surface area contributed by atoms with Crippen molar-refractivity contribution in [1.82, 2.24) is 10.3 Å². The van der Waals surface area contributed by atoms with Gasteiger partial charge in [-0.25, -0.2) is 9.37 Å². The summed E-state index contributed by atoms with van der Waals surface area (Å²) in [6.45, 7) is 0. The minimum Gasteiger partial charge on any atom is -0.481 e. The van der Waals surface area contributed by atoms with Crippen molar-refractivity contribution in [3.8, 4) is 11.1 Å². The van der Waals surface area contributed by atoms with Crippen LogP contribution >= 0.6 is 11.6 Å². The molecule has 2 N–H and O–H groups in total. The van der Waals surface area contributed by atoms with Crippen LogP contribution < -0.4 is 5.32 Å². The quantitative estimate of drug-likeness (QED) is 0.624. The summed E-state index contributed by atoms with van der Waals surface area (Å²) in [4.78, 5) is 26.9. The first-order valence-electron chi connectivity index (χ1n) is 8.38.